The number of aliphatic hydroxyl groups is 1. The van der Waals surface area contributed by atoms with E-state index in [0.717, 1.165) is 12.8 Å². The second-order valence-electron chi connectivity index (χ2n) is 6.22. The number of rotatable bonds is 2. The Hall–Kier alpha value is -0.820. The van der Waals surface area contributed by atoms with Gasteiger partial charge in [0.05, 0.1) is 5.60 Å². The molecule has 0 fully saturated rings. The first-order valence-corrected chi connectivity index (χ1v) is 6.72. The van der Waals surface area contributed by atoms with Gasteiger partial charge in [0.15, 0.2) is 0 Å². The highest BCUT2D eigenvalue weighted by atomic mass is 16.3. The Morgan fingerprint density at radius 3 is 2.29 bits per heavy atom. The van der Waals surface area contributed by atoms with Crippen LogP contribution in [0.5, 0.6) is 0 Å². The molecule has 1 aromatic carbocycles. The van der Waals surface area contributed by atoms with Crippen LogP contribution in [0.4, 0.5) is 0 Å². The van der Waals surface area contributed by atoms with Crippen molar-refractivity contribution in [3.05, 3.63) is 34.4 Å². The van der Waals surface area contributed by atoms with E-state index in [1.54, 1.807) is 0 Å². The van der Waals surface area contributed by atoms with Crippen molar-refractivity contribution in [2.24, 2.45) is 0 Å². The van der Waals surface area contributed by atoms with Gasteiger partial charge in [-0.3, -0.25) is 0 Å². The van der Waals surface area contributed by atoms with Gasteiger partial charge in [0, 0.05) is 0 Å². The lowest BCUT2D eigenvalue weighted by Gasteiger charge is -2.22. The zero-order chi connectivity index (χ0) is 12.8. The van der Waals surface area contributed by atoms with E-state index in [1.165, 1.54) is 22.3 Å². The summed E-state index contributed by atoms with van der Waals surface area (Å²) >= 11 is 0. The normalized spacial score (nSPS) is 23.5. The molecule has 1 nitrogen and oxygen atoms in total. The van der Waals surface area contributed by atoms with Gasteiger partial charge in [-0.1, -0.05) is 39.8 Å². The molecular weight excluding hydrogens is 208 g/mol. The molecule has 0 aromatic heterocycles. The summed E-state index contributed by atoms with van der Waals surface area (Å²) in [5.74, 6) is 1.06. The van der Waals surface area contributed by atoms with Gasteiger partial charge >= 0.3 is 0 Å². The molecule has 17 heavy (non-hydrogen) atoms. The van der Waals surface area contributed by atoms with Crippen molar-refractivity contribution in [3.8, 4) is 0 Å². The van der Waals surface area contributed by atoms with Crippen molar-refractivity contribution in [3.63, 3.8) is 0 Å². The zero-order valence-corrected chi connectivity index (χ0v) is 11.7. The van der Waals surface area contributed by atoms with Crippen molar-refractivity contribution in [2.75, 3.05) is 0 Å². The Morgan fingerprint density at radius 1 is 1.12 bits per heavy atom. The highest BCUT2D eigenvalue weighted by Gasteiger charge is 2.34. The molecule has 0 radical (unpaired) electrons. The van der Waals surface area contributed by atoms with Gasteiger partial charge in [-0.25, -0.2) is 0 Å². The number of fused-ring (bicyclic) bond motifs is 1. The van der Waals surface area contributed by atoms with E-state index >= 15 is 0 Å². The molecule has 1 heteroatoms. The molecule has 0 saturated heterocycles. The van der Waals surface area contributed by atoms with Crippen LogP contribution >= 0.6 is 0 Å². The topological polar surface area (TPSA) is 20.2 Å². The smallest absolute Gasteiger partial charge is 0.0874 e. The predicted molar refractivity (Wildman–Crippen MR) is 72.5 cm³/mol. The SMILES string of the molecule is CC(C)c1cc(C(C)C)c2c(c1)C(C)(O)CC2. The summed E-state index contributed by atoms with van der Waals surface area (Å²) < 4.78 is 0. The van der Waals surface area contributed by atoms with Crippen LogP contribution in [0, 0.1) is 0 Å². The average Bonchev–Trinajstić information content (AvgIpc) is 2.53. The third kappa shape index (κ3) is 2.13. The van der Waals surface area contributed by atoms with E-state index in [4.69, 9.17) is 0 Å². The molecule has 1 N–H and O–H groups in total. The van der Waals surface area contributed by atoms with Crippen LogP contribution in [-0.4, -0.2) is 5.11 Å². The maximum absolute atomic E-state index is 10.5. The first-order valence-electron chi connectivity index (χ1n) is 6.72. The van der Waals surface area contributed by atoms with Crippen LogP contribution in [0.3, 0.4) is 0 Å². The van der Waals surface area contributed by atoms with E-state index in [0.29, 0.717) is 11.8 Å². The molecule has 1 atom stereocenters. The van der Waals surface area contributed by atoms with Crippen molar-refractivity contribution >= 4 is 0 Å². The second kappa shape index (κ2) is 4.13. The van der Waals surface area contributed by atoms with E-state index in [2.05, 4.69) is 39.8 Å². The Bertz CT molecular complexity index is 427. The molecule has 0 aliphatic heterocycles. The molecule has 94 valence electrons. The van der Waals surface area contributed by atoms with Crippen LogP contribution in [0.1, 0.15) is 75.1 Å². The number of hydrogen-bond donors (Lipinski definition) is 1. The van der Waals surface area contributed by atoms with Crippen molar-refractivity contribution in [1.29, 1.82) is 0 Å². The lowest BCUT2D eigenvalue weighted by atomic mass is 9.87. The van der Waals surface area contributed by atoms with Gasteiger partial charge in [0.1, 0.15) is 0 Å². The third-order valence-corrected chi connectivity index (χ3v) is 4.04. The molecule has 1 aliphatic rings. The minimum absolute atomic E-state index is 0.522. The maximum Gasteiger partial charge on any atom is 0.0874 e. The number of hydrogen-bond acceptors (Lipinski definition) is 1. The second-order valence-corrected chi connectivity index (χ2v) is 6.22. The fourth-order valence-electron chi connectivity index (χ4n) is 2.83. The van der Waals surface area contributed by atoms with Crippen molar-refractivity contribution in [1.82, 2.24) is 0 Å². The lowest BCUT2D eigenvalue weighted by molar-refractivity contribution is 0.0594. The average molecular weight is 232 g/mol. The minimum Gasteiger partial charge on any atom is -0.385 e. The van der Waals surface area contributed by atoms with Gasteiger partial charge < -0.3 is 5.11 Å². The zero-order valence-electron chi connectivity index (χ0n) is 11.7. The summed E-state index contributed by atoms with van der Waals surface area (Å²) in [5.41, 5.74) is 4.74. The van der Waals surface area contributed by atoms with Crippen molar-refractivity contribution in [2.45, 2.75) is 64.9 Å². The van der Waals surface area contributed by atoms with Gasteiger partial charge in [0.2, 0.25) is 0 Å². The summed E-state index contributed by atoms with van der Waals surface area (Å²) in [4.78, 5) is 0. The summed E-state index contributed by atoms with van der Waals surface area (Å²) in [6, 6.07) is 4.56. The van der Waals surface area contributed by atoms with Crippen LogP contribution in [0.2, 0.25) is 0 Å². The summed E-state index contributed by atoms with van der Waals surface area (Å²) in [5, 5.41) is 10.5. The first-order chi connectivity index (χ1) is 7.83. The van der Waals surface area contributed by atoms with E-state index in [1.807, 2.05) is 6.92 Å². The molecular formula is C16H24O. The molecule has 1 aromatic rings. The van der Waals surface area contributed by atoms with Crippen LogP contribution in [-0.2, 0) is 12.0 Å². The predicted octanol–water partition coefficient (Wildman–Crippen LogP) is 4.09. The number of benzene rings is 1. The van der Waals surface area contributed by atoms with Crippen LogP contribution in [0.25, 0.3) is 0 Å². The van der Waals surface area contributed by atoms with Gasteiger partial charge in [-0.15, -0.1) is 0 Å². The highest BCUT2D eigenvalue weighted by Crippen LogP contribution is 2.41. The summed E-state index contributed by atoms with van der Waals surface area (Å²) in [7, 11) is 0. The largest absolute Gasteiger partial charge is 0.385 e. The molecule has 0 heterocycles. The van der Waals surface area contributed by atoms with E-state index in [9.17, 15) is 5.11 Å². The molecule has 0 saturated carbocycles. The third-order valence-electron chi connectivity index (χ3n) is 4.04. The fraction of sp³-hybridized carbons (Fsp3) is 0.625. The molecule has 0 amide bonds. The Kier molecular flexibility index (Phi) is 3.07. The Morgan fingerprint density at radius 2 is 1.76 bits per heavy atom. The Labute approximate surface area is 105 Å². The highest BCUT2D eigenvalue weighted by molar-refractivity contribution is 5.47. The standard InChI is InChI=1S/C16H24O/c1-10(2)12-8-14(11(3)4)13-6-7-16(5,17)15(13)9-12/h8-11,17H,6-7H2,1-5H3. The monoisotopic (exact) mass is 232 g/mol. The lowest BCUT2D eigenvalue weighted by Crippen LogP contribution is -2.17. The van der Waals surface area contributed by atoms with E-state index in [-0.39, 0.29) is 0 Å². The van der Waals surface area contributed by atoms with E-state index < -0.39 is 5.60 Å². The quantitative estimate of drug-likeness (QED) is 0.814. The molecule has 1 unspecified atom stereocenters. The van der Waals surface area contributed by atoms with Crippen LogP contribution < -0.4 is 0 Å². The first kappa shape index (κ1) is 12.6. The Balaban J connectivity index is 2.63. The fourth-order valence-corrected chi connectivity index (χ4v) is 2.83. The molecule has 0 bridgehead atoms. The van der Waals surface area contributed by atoms with Crippen molar-refractivity contribution < 1.29 is 5.11 Å². The maximum atomic E-state index is 10.5. The molecule has 0 spiro atoms. The minimum atomic E-state index is -0.621. The molecule has 2 rings (SSSR count). The van der Waals surface area contributed by atoms with Gasteiger partial charge in [-0.05, 0) is 53.9 Å². The van der Waals surface area contributed by atoms with Gasteiger partial charge in [0.25, 0.3) is 0 Å². The molecule has 1 aliphatic carbocycles. The summed E-state index contributed by atoms with van der Waals surface area (Å²) in [6.07, 6.45) is 1.89. The summed E-state index contributed by atoms with van der Waals surface area (Å²) in [6.45, 7) is 10.9. The van der Waals surface area contributed by atoms with Gasteiger partial charge in [-0.2, -0.15) is 0 Å². The van der Waals surface area contributed by atoms with Crippen LogP contribution in [0.15, 0.2) is 12.1 Å².